The summed E-state index contributed by atoms with van der Waals surface area (Å²) >= 11 is 0. The van der Waals surface area contributed by atoms with Crippen LogP contribution in [0.1, 0.15) is 99.0 Å². The molecule has 0 radical (unpaired) electrons. The van der Waals surface area contributed by atoms with Crippen LogP contribution < -0.4 is 0 Å². The molecule has 12 nitrogen and oxygen atoms in total. The van der Waals surface area contributed by atoms with Gasteiger partial charge in [0.05, 0.1) is 68.5 Å². The summed E-state index contributed by atoms with van der Waals surface area (Å²) in [6.07, 6.45) is 5.04. The predicted octanol–water partition coefficient (Wildman–Crippen LogP) is 3.03. The first-order valence-corrected chi connectivity index (χ1v) is 14.0. The third-order valence-corrected chi connectivity index (χ3v) is 9.31. The molecule has 224 valence electrons. The van der Waals surface area contributed by atoms with Crippen molar-refractivity contribution in [3.8, 4) is 0 Å². The Balaban J connectivity index is 1.32. The van der Waals surface area contributed by atoms with E-state index in [9.17, 15) is 28.8 Å². The van der Waals surface area contributed by atoms with Crippen LogP contribution in [0.4, 0.5) is 0 Å². The number of esters is 4. The monoisotopic (exact) mass is 590 g/mol. The van der Waals surface area contributed by atoms with Crippen LogP contribution in [0.5, 0.6) is 0 Å². The number of hydrogen-bond acceptors (Lipinski definition) is 10. The van der Waals surface area contributed by atoms with E-state index >= 15 is 0 Å². The molecule has 4 unspecified atom stereocenters. The summed E-state index contributed by atoms with van der Waals surface area (Å²) in [7, 11) is 4.95. The number of ketones is 2. The first kappa shape index (κ1) is 28.4. The third kappa shape index (κ3) is 4.03. The largest absolute Gasteiger partial charge is 0.466 e. The molecule has 2 aromatic heterocycles. The Morgan fingerprint density at radius 3 is 1.19 bits per heavy atom. The lowest BCUT2D eigenvalue weighted by Crippen LogP contribution is -2.33. The van der Waals surface area contributed by atoms with Crippen LogP contribution >= 0.6 is 0 Å². The van der Waals surface area contributed by atoms with Crippen LogP contribution in [0.2, 0.25) is 0 Å². The number of Topliss-reactive ketones (excluding diaryl/α,β-unsaturated/α-hetero) is 2. The average molecular weight is 591 g/mol. The molecule has 2 aromatic rings. The Morgan fingerprint density at radius 2 is 0.860 bits per heavy atom. The number of hydrogen-bond donors (Lipinski definition) is 2. The van der Waals surface area contributed by atoms with Gasteiger partial charge in [-0.1, -0.05) is 0 Å². The van der Waals surface area contributed by atoms with Gasteiger partial charge in [0.25, 0.3) is 0 Å². The minimum atomic E-state index is -0.662. The Bertz CT molecular complexity index is 1560. The maximum Gasteiger partial charge on any atom is 0.334 e. The van der Waals surface area contributed by atoms with Crippen molar-refractivity contribution in [1.29, 1.82) is 0 Å². The van der Waals surface area contributed by atoms with Crippen molar-refractivity contribution in [3.63, 3.8) is 0 Å². The molecule has 12 heteroatoms. The van der Waals surface area contributed by atoms with E-state index in [2.05, 4.69) is 9.97 Å². The van der Waals surface area contributed by atoms with Crippen LogP contribution in [0.3, 0.4) is 0 Å². The molecule has 0 spiro atoms. The Kier molecular flexibility index (Phi) is 6.94. The molecular formula is C31H30N2O10. The van der Waals surface area contributed by atoms with Crippen molar-refractivity contribution in [2.75, 3.05) is 28.4 Å². The smallest absolute Gasteiger partial charge is 0.334 e. The minimum Gasteiger partial charge on any atom is -0.466 e. The number of carbonyl (C=O) groups is 6. The second-order valence-corrected chi connectivity index (χ2v) is 11.1. The number of aromatic nitrogens is 2. The molecule has 6 aliphatic carbocycles. The van der Waals surface area contributed by atoms with E-state index in [1.165, 1.54) is 28.4 Å². The standard InChI is InChI=1S/C31H30N2O10/c1-40-28(36)22-12-5-7-14(24(22)30(38)42-3)20-16(12)10-32-26(20)18(34)9-19(35)27-21-15-8-6-13(17(21)11-33-27)23(29(37)41-2)25(15)31(39)43-4/h10-15,32-33H,5-9H2,1-4H3. The van der Waals surface area contributed by atoms with Crippen molar-refractivity contribution >= 4 is 35.4 Å². The lowest BCUT2D eigenvalue weighted by Gasteiger charge is -2.38. The topological polar surface area (TPSA) is 171 Å². The second-order valence-electron chi connectivity index (χ2n) is 11.1. The normalized spacial score (nSPS) is 23.0. The van der Waals surface area contributed by atoms with Gasteiger partial charge in [-0.15, -0.1) is 0 Å². The van der Waals surface area contributed by atoms with Gasteiger partial charge in [-0.25, -0.2) is 19.2 Å². The van der Waals surface area contributed by atoms with E-state index < -0.39 is 65.5 Å². The highest BCUT2D eigenvalue weighted by Crippen LogP contribution is 2.56. The molecule has 0 aromatic carbocycles. The van der Waals surface area contributed by atoms with E-state index in [-0.39, 0.29) is 33.7 Å². The quantitative estimate of drug-likeness (QED) is 0.202. The molecular weight excluding hydrogens is 560 g/mol. The van der Waals surface area contributed by atoms with Crippen molar-refractivity contribution in [2.45, 2.75) is 55.8 Å². The number of aromatic amines is 2. The van der Waals surface area contributed by atoms with Gasteiger partial charge in [0.2, 0.25) is 0 Å². The summed E-state index contributed by atoms with van der Waals surface area (Å²) in [4.78, 5) is 84.3. The van der Waals surface area contributed by atoms with E-state index in [0.29, 0.717) is 36.8 Å². The van der Waals surface area contributed by atoms with Crippen LogP contribution in [0.15, 0.2) is 34.7 Å². The molecule has 8 rings (SSSR count). The van der Waals surface area contributed by atoms with Crippen molar-refractivity contribution in [1.82, 2.24) is 9.97 Å². The first-order chi connectivity index (χ1) is 20.7. The first-order valence-electron chi connectivity index (χ1n) is 14.0. The number of ether oxygens (including phenoxy) is 4. The second kappa shape index (κ2) is 10.5. The van der Waals surface area contributed by atoms with Crippen LogP contribution in [-0.2, 0) is 38.1 Å². The van der Waals surface area contributed by atoms with Gasteiger partial charge in [-0.2, -0.15) is 0 Å². The zero-order chi connectivity index (χ0) is 30.7. The number of fused-ring (bicyclic) bond motifs is 2. The molecule has 0 aliphatic heterocycles. The van der Waals surface area contributed by atoms with E-state index in [1.54, 1.807) is 12.4 Å². The zero-order valence-corrected chi connectivity index (χ0v) is 24.1. The average Bonchev–Trinajstić information content (AvgIpc) is 3.70. The molecule has 2 heterocycles. The Hall–Kier alpha value is -4.74. The number of carbonyl (C=O) groups excluding carboxylic acids is 6. The third-order valence-electron chi connectivity index (χ3n) is 9.31. The van der Waals surface area contributed by atoms with Crippen LogP contribution in [0, 0.1) is 0 Å². The van der Waals surface area contributed by atoms with Gasteiger partial charge in [0.15, 0.2) is 11.6 Å². The van der Waals surface area contributed by atoms with Crippen LogP contribution in [-0.4, -0.2) is 73.9 Å². The molecule has 0 saturated carbocycles. The highest BCUT2D eigenvalue weighted by Gasteiger charge is 2.49. The van der Waals surface area contributed by atoms with E-state index in [1.807, 2.05) is 0 Å². The zero-order valence-electron chi connectivity index (χ0n) is 24.1. The summed E-state index contributed by atoms with van der Waals surface area (Å²) in [6, 6.07) is 0. The predicted molar refractivity (Wildman–Crippen MR) is 146 cm³/mol. The van der Waals surface area contributed by atoms with E-state index in [0.717, 1.165) is 11.1 Å². The van der Waals surface area contributed by atoms with Gasteiger partial charge in [-0.3, -0.25) is 9.59 Å². The Morgan fingerprint density at radius 1 is 0.558 bits per heavy atom. The van der Waals surface area contributed by atoms with Crippen molar-refractivity contribution in [2.24, 2.45) is 0 Å². The molecule has 0 amide bonds. The Labute approximate surface area is 245 Å². The number of rotatable bonds is 8. The molecule has 4 atom stereocenters. The summed E-state index contributed by atoms with van der Waals surface area (Å²) in [5.41, 5.74) is 3.86. The molecule has 0 fully saturated rings. The molecule has 4 bridgehead atoms. The summed E-state index contributed by atoms with van der Waals surface area (Å²) in [6.45, 7) is 0. The van der Waals surface area contributed by atoms with Crippen molar-refractivity contribution in [3.05, 3.63) is 68.3 Å². The highest BCUT2D eigenvalue weighted by molar-refractivity contribution is 6.15. The fraction of sp³-hybridized carbons (Fsp3) is 0.419. The van der Waals surface area contributed by atoms with Gasteiger partial charge < -0.3 is 28.9 Å². The van der Waals surface area contributed by atoms with Crippen LogP contribution in [0.25, 0.3) is 0 Å². The van der Waals surface area contributed by atoms with Gasteiger partial charge in [0, 0.05) is 36.1 Å². The molecule has 2 N–H and O–H groups in total. The molecule has 0 saturated heterocycles. The number of methoxy groups -OCH3 is 4. The maximum absolute atomic E-state index is 13.7. The lowest BCUT2D eigenvalue weighted by molar-refractivity contribution is -0.140. The van der Waals surface area contributed by atoms with Gasteiger partial charge in [-0.05, 0) is 47.9 Å². The number of H-pyrrole nitrogens is 2. The molecule has 43 heavy (non-hydrogen) atoms. The minimum absolute atomic E-state index is 0.177. The molecule has 6 aliphatic rings. The summed E-state index contributed by atoms with van der Waals surface area (Å²) in [5.74, 6) is -5.56. The van der Waals surface area contributed by atoms with E-state index in [4.69, 9.17) is 18.9 Å². The van der Waals surface area contributed by atoms with Crippen molar-refractivity contribution < 1.29 is 47.7 Å². The number of nitrogens with one attached hydrogen (secondary N) is 2. The lowest BCUT2D eigenvalue weighted by atomic mass is 9.63. The summed E-state index contributed by atoms with van der Waals surface area (Å²) in [5, 5.41) is 0. The maximum atomic E-state index is 13.7. The fourth-order valence-electron chi connectivity index (χ4n) is 7.65. The fourth-order valence-corrected chi connectivity index (χ4v) is 7.65. The SMILES string of the molecule is COC(=O)C1=C(C(=O)OC)C2CCC1c1c[nH]c(C(=O)CC(=O)c3[nH]cc4c3C3CCC4C(C(=O)OC)=C3C(=O)OC)c12. The van der Waals surface area contributed by atoms with Gasteiger partial charge >= 0.3 is 23.9 Å². The van der Waals surface area contributed by atoms with Gasteiger partial charge in [0.1, 0.15) is 0 Å². The summed E-state index contributed by atoms with van der Waals surface area (Å²) < 4.78 is 19.9. The highest BCUT2D eigenvalue weighted by atomic mass is 16.5.